The van der Waals surface area contributed by atoms with Crippen LogP contribution in [-0.2, 0) is 20.7 Å². The number of aromatic nitrogens is 1. The molecular weight excluding hydrogens is 579 g/mol. The number of ether oxygens (including phenoxy) is 3. The second-order valence-corrected chi connectivity index (χ2v) is 14.5. The molecule has 1 aliphatic heterocycles. The lowest BCUT2D eigenvalue weighted by Gasteiger charge is -2.44. The Balaban J connectivity index is 1.56. The van der Waals surface area contributed by atoms with Gasteiger partial charge in [0.25, 0.3) is 0 Å². The van der Waals surface area contributed by atoms with Crippen LogP contribution in [0.3, 0.4) is 0 Å². The van der Waals surface area contributed by atoms with E-state index >= 15 is 0 Å². The van der Waals surface area contributed by atoms with E-state index in [0.29, 0.717) is 18.4 Å². The van der Waals surface area contributed by atoms with E-state index < -0.39 is 11.7 Å². The van der Waals surface area contributed by atoms with Crippen molar-refractivity contribution in [3.8, 4) is 16.9 Å². The van der Waals surface area contributed by atoms with Crippen LogP contribution < -0.4 is 9.64 Å². The summed E-state index contributed by atoms with van der Waals surface area (Å²) in [4.78, 5) is 21.4. The minimum Gasteiger partial charge on any atom is -0.493 e. The van der Waals surface area contributed by atoms with E-state index in [2.05, 4.69) is 24.0 Å². The van der Waals surface area contributed by atoms with Crippen molar-refractivity contribution in [3.05, 3.63) is 76.9 Å². The zero-order valence-corrected chi connectivity index (χ0v) is 28.7. The van der Waals surface area contributed by atoms with Gasteiger partial charge >= 0.3 is 5.97 Å². The predicted molar refractivity (Wildman–Crippen MR) is 182 cm³/mol. The van der Waals surface area contributed by atoms with E-state index in [1.165, 1.54) is 44.2 Å². The number of carbonyl (C=O) groups excluding carboxylic acids is 1. The zero-order valence-electron chi connectivity index (χ0n) is 28.7. The molecule has 1 aromatic heterocycles. The van der Waals surface area contributed by atoms with Crippen molar-refractivity contribution < 1.29 is 23.4 Å². The van der Waals surface area contributed by atoms with Crippen molar-refractivity contribution in [2.75, 3.05) is 24.6 Å². The van der Waals surface area contributed by atoms with Gasteiger partial charge in [-0.25, -0.2) is 9.18 Å². The number of pyridine rings is 1. The summed E-state index contributed by atoms with van der Waals surface area (Å²) in [5.74, 6) is 0.144. The molecule has 6 nitrogen and oxygen atoms in total. The fourth-order valence-electron chi connectivity index (χ4n) is 7.29. The second-order valence-electron chi connectivity index (χ2n) is 14.5. The number of carbonyl (C=O) groups is 1. The summed E-state index contributed by atoms with van der Waals surface area (Å²) in [6, 6.07) is 14.7. The number of nitrogens with zero attached hydrogens (tertiary/aromatic N) is 2. The van der Waals surface area contributed by atoms with Crippen molar-refractivity contribution in [2.24, 2.45) is 5.41 Å². The number of hydrogen-bond donors (Lipinski definition) is 0. The normalized spacial score (nSPS) is 17.0. The van der Waals surface area contributed by atoms with Gasteiger partial charge in [0, 0.05) is 42.0 Å². The van der Waals surface area contributed by atoms with Crippen LogP contribution in [0.15, 0.2) is 48.5 Å². The molecule has 46 heavy (non-hydrogen) atoms. The van der Waals surface area contributed by atoms with Crippen LogP contribution in [0.25, 0.3) is 11.1 Å². The standard InChI is InChI=1S/C39H51FN2O4/c1-26(2)45-37(43)36(46-38(5,6)7)34-28(4)41-27(3)33(35(34)42-23-10-22-39(25-42)20-8-9-21-39)30-13-17-32(18-14-30)44-24-19-29-11-15-31(40)16-12-29/h11-18,26,36H,8-10,19-25H2,1-7H3/t36-/m0/s1. The first-order valence-electron chi connectivity index (χ1n) is 17.0. The van der Waals surface area contributed by atoms with Gasteiger partial charge in [0.15, 0.2) is 6.10 Å². The SMILES string of the molecule is Cc1nc(C)c([C@H](OC(C)(C)C)C(=O)OC(C)C)c(N2CCCC3(CCCC3)C2)c1-c1ccc(OCCc2ccc(F)cc2)cc1. The molecule has 1 atom stereocenters. The van der Waals surface area contributed by atoms with Crippen LogP contribution in [0.5, 0.6) is 5.75 Å². The van der Waals surface area contributed by atoms with Gasteiger partial charge in [-0.2, -0.15) is 0 Å². The monoisotopic (exact) mass is 630 g/mol. The fraction of sp³-hybridized carbons (Fsp3) is 0.538. The molecule has 0 N–H and O–H groups in total. The highest BCUT2D eigenvalue weighted by Gasteiger charge is 2.41. The highest BCUT2D eigenvalue weighted by Crippen LogP contribution is 2.49. The molecule has 1 saturated carbocycles. The Labute approximate surface area is 274 Å². The first-order chi connectivity index (χ1) is 21.8. The topological polar surface area (TPSA) is 60.9 Å². The van der Waals surface area contributed by atoms with Gasteiger partial charge in [-0.15, -0.1) is 0 Å². The van der Waals surface area contributed by atoms with Crippen molar-refractivity contribution in [1.29, 1.82) is 0 Å². The van der Waals surface area contributed by atoms with E-state index in [1.54, 1.807) is 12.1 Å². The van der Waals surface area contributed by atoms with Gasteiger partial charge in [0.1, 0.15) is 11.6 Å². The molecule has 0 unspecified atom stereocenters. The van der Waals surface area contributed by atoms with E-state index in [9.17, 15) is 9.18 Å². The molecule has 1 saturated heterocycles. The third-order valence-corrected chi connectivity index (χ3v) is 9.24. The first kappa shape index (κ1) is 33.9. The average Bonchev–Trinajstić information content (AvgIpc) is 3.43. The van der Waals surface area contributed by atoms with Gasteiger partial charge in [0.2, 0.25) is 0 Å². The molecule has 1 aliphatic carbocycles. The highest BCUT2D eigenvalue weighted by molar-refractivity contribution is 5.88. The molecule has 2 aliphatic rings. The van der Waals surface area contributed by atoms with Crippen molar-refractivity contribution in [2.45, 2.75) is 111 Å². The summed E-state index contributed by atoms with van der Waals surface area (Å²) in [5, 5.41) is 0. The van der Waals surface area contributed by atoms with Crippen LogP contribution in [0, 0.1) is 25.1 Å². The first-order valence-corrected chi connectivity index (χ1v) is 17.0. The predicted octanol–water partition coefficient (Wildman–Crippen LogP) is 9.09. The maximum Gasteiger partial charge on any atom is 0.340 e. The quantitative estimate of drug-likeness (QED) is 0.208. The number of aryl methyl sites for hydroxylation is 2. The van der Waals surface area contributed by atoms with E-state index in [1.807, 2.05) is 53.7 Å². The lowest BCUT2D eigenvalue weighted by atomic mass is 9.77. The molecule has 3 aromatic rings. The largest absolute Gasteiger partial charge is 0.493 e. The average molecular weight is 631 g/mol. The Bertz CT molecular complexity index is 1490. The Morgan fingerprint density at radius 1 is 0.957 bits per heavy atom. The summed E-state index contributed by atoms with van der Waals surface area (Å²) in [6.45, 7) is 16.1. The van der Waals surface area contributed by atoms with Crippen LogP contribution in [-0.4, -0.2) is 42.4 Å². The number of esters is 1. The van der Waals surface area contributed by atoms with Crippen molar-refractivity contribution >= 4 is 11.7 Å². The summed E-state index contributed by atoms with van der Waals surface area (Å²) < 4.78 is 31.8. The zero-order chi connectivity index (χ0) is 33.1. The smallest absolute Gasteiger partial charge is 0.340 e. The molecule has 0 amide bonds. The number of hydrogen-bond acceptors (Lipinski definition) is 6. The van der Waals surface area contributed by atoms with E-state index in [0.717, 1.165) is 64.6 Å². The molecule has 248 valence electrons. The number of anilines is 1. The van der Waals surface area contributed by atoms with Crippen LogP contribution in [0.1, 0.15) is 102 Å². The lowest BCUT2D eigenvalue weighted by Crippen LogP contribution is -2.43. The number of benzene rings is 2. The maximum absolute atomic E-state index is 13.8. The van der Waals surface area contributed by atoms with Gasteiger partial charge < -0.3 is 19.1 Å². The summed E-state index contributed by atoms with van der Waals surface area (Å²) in [6.07, 6.45) is 6.92. The molecule has 2 aromatic carbocycles. The Hall–Kier alpha value is -3.45. The van der Waals surface area contributed by atoms with Crippen molar-refractivity contribution in [3.63, 3.8) is 0 Å². The van der Waals surface area contributed by atoms with Crippen LogP contribution in [0.2, 0.25) is 0 Å². The minimum absolute atomic E-state index is 0.236. The second kappa shape index (κ2) is 14.1. The van der Waals surface area contributed by atoms with E-state index in [4.69, 9.17) is 19.2 Å². The number of halogens is 1. The molecule has 7 heteroatoms. The molecule has 2 fully saturated rings. The molecule has 5 rings (SSSR count). The van der Waals surface area contributed by atoms with Crippen molar-refractivity contribution in [1.82, 2.24) is 4.98 Å². The highest BCUT2D eigenvalue weighted by atomic mass is 19.1. The number of piperidine rings is 1. The van der Waals surface area contributed by atoms with Gasteiger partial charge in [0.05, 0.1) is 24.0 Å². The molecule has 0 radical (unpaired) electrons. The fourth-order valence-corrected chi connectivity index (χ4v) is 7.29. The van der Waals surface area contributed by atoms with Crippen LogP contribution in [0.4, 0.5) is 10.1 Å². The third kappa shape index (κ3) is 8.09. The maximum atomic E-state index is 13.8. The summed E-state index contributed by atoms with van der Waals surface area (Å²) >= 11 is 0. The molecular formula is C39H51FN2O4. The Morgan fingerprint density at radius 2 is 1.61 bits per heavy atom. The lowest BCUT2D eigenvalue weighted by molar-refractivity contribution is -0.171. The third-order valence-electron chi connectivity index (χ3n) is 9.24. The Kier molecular flexibility index (Phi) is 10.4. The van der Waals surface area contributed by atoms with Gasteiger partial charge in [-0.1, -0.05) is 37.1 Å². The summed E-state index contributed by atoms with van der Waals surface area (Å²) in [7, 11) is 0. The number of rotatable bonds is 10. The van der Waals surface area contributed by atoms with Crippen LogP contribution >= 0.6 is 0 Å². The molecule has 1 spiro atoms. The minimum atomic E-state index is -0.917. The summed E-state index contributed by atoms with van der Waals surface area (Å²) in [5.41, 5.74) is 6.33. The molecule has 2 heterocycles. The van der Waals surface area contributed by atoms with Gasteiger partial charge in [-0.05, 0) is 115 Å². The van der Waals surface area contributed by atoms with Gasteiger partial charge in [-0.3, -0.25) is 4.98 Å². The van der Waals surface area contributed by atoms with E-state index in [-0.39, 0.29) is 17.9 Å². The molecule has 0 bridgehead atoms. The Morgan fingerprint density at radius 3 is 2.24 bits per heavy atom.